The molecule has 0 atom stereocenters. The molecule has 0 radical (unpaired) electrons. The Bertz CT molecular complexity index is 1100. The molecule has 2 aromatic heterocycles. The fourth-order valence-corrected chi connectivity index (χ4v) is 2.83. The zero-order valence-corrected chi connectivity index (χ0v) is 12.7. The number of aromatic hydroxyl groups is 1. The number of rotatable bonds is 3. The van der Waals surface area contributed by atoms with Gasteiger partial charge in [0.1, 0.15) is 22.6 Å². The standard InChI is InChI=1S/C18H14FN3O2/c19-12-3-6-15-14(9-12)16-17(21-15)18(24)22(10-20-16)8-7-11-1-4-13(23)5-2-11/h1-6,9-10,21,23H,7-8H2. The van der Waals surface area contributed by atoms with Crippen LogP contribution in [0.1, 0.15) is 5.56 Å². The van der Waals surface area contributed by atoms with Gasteiger partial charge in [0.05, 0.1) is 6.33 Å². The molecule has 2 heterocycles. The third kappa shape index (κ3) is 2.42. The topological polar surface area (TPSA) is 70.9 Å². The molecule has 5 nitrogen and oxygen atoms in total. The van der Waals surface area contributed by atoms with Gasteiger partial charge in [-0.15, -0.1) is 0 Å². The van der Waals surface area contributed by atoms with Gasteiger partial charge in [-0.1, -0.05) is 12.1 Å². The zero-order valence-electron chi connectivity index (χ0n) is 12.7. The highest BCUT2D eigenvalue weighted by atomic mass is 19.1. The highest BCUT2D eigenvalue weighted by molar-refractivity contribution is 6.04. The number of phenols is 1. The summed E-state index contributed by atoms with van der Waals surface area (Å²) in [5, 5.41) is 9.90. The van der Waals surface area contributed by atoms with E-state index in [0.717, 1.165) is 5.56 Å². The van der Waals surface area contributed by atoms with Crippen LogP contribution in [0.5, 0.6) is 5.75 Å². The van der Waals surface area contributed by atoms with Gasteiger partial charge in [-0.3, -0.25) is 9.36 Å². The van der Waals surface area contributed by atoms with Crippen LogP contribution in [0, 0.1) is 5.82 Å². The molecule has 24 heavy (non-hydrogen) atoms. The normalized spacial score (nSPS) is 11.4. The second-order valence-corrected chi connectivity index (χ2v) is 5.70. The predicted octanol–water partition coefficient (Wildman–Crippen LogP) is 2.97. The maximum absolute atomic E-state index is 13.4. The number of H-pyrrole nitrogens is 1. The van der Waals surface area contributed by atoms with E-state index in [4.69, 9.17) is 0 Å². The summed E-state index contributed by atoms with van der Waals surface area (Å²) in [6.07, 6.45) is 2.13. The van der Waals surface area contributed by atoms with Gasteiger partial charge in [0.2, 0.25) is 0 Å². The van der Waals surface area contributed by atoms with Crippen LogP contribution in [0.25, 0.3) is 21.9 Å². The number of aromatic amines is 1. The molecule has 4 rings (SSSR count). The average molecular weight is 323 g/mol. The monoisotopic (exact) mass is 323 g/mol. The van der Waals surface area contributed by atoms with Crippen molar-refractivity contribution in [2.75, 3.05) is 0 Å². The fraction of sp³-hybridized carbons (Fsp3) is 0.111. The molecule has 0 saturated carbocycles. The SMILES string of the molecule is O=c1c2[nH]c3ccc(F)cc3c2ncn1CCc1ccc(O)cc1. The van der Waals surface area contributed by atoms with Crippen LogP contribution in [-0.4, -0.2) is 19.6 Å². The first kappa shape index (κ1) is 14.4. The third-order valence-electron chi connectivity index (χ3n) is 4.11. The first-order valence-electron chi connectivity index (χ1n) is 7.56. The Morgan fingerprint density at radius 1 is 1.17 bits per heavy atom. The van der Waals surface area contributed by atoms with Crippen LogP contribution in [0.3, 0.4) is 0 Å². The lowest BCUT2D eigenvalue weighted by molar-refractivity contribution is 0.475. The highest BCUT2D eigenvalue weighted by Gasteiger charge is 2.11. The molecule has 0 bridgehead atoms. The van der Waals surface area contributed by atoms with E-state index in [1.165, 1.54) is 23.0 Å². The number of aryl methyl sites for hydroxylation is 2. The van der Waals surface area contributed by atoms with Gasteiger partial charge in [-0.2, -0.15) is 0 Å². The van der Waals surface area contributed by atoms with E-state index in [-0.39, 0.29) is 17.1 Å². The maximum Gasteiger partial charge on any atom is 0.277 e. The number of nitrogens with zero attached hydrogens (tertiary/aromatic N) is 2. The van der Waals surface area contributed by atoms with Crippen LogP contribution in [0.2, 0.25) is 0 Å². The molecule has 0 spiro atoms. The molecule has 120 valence electrons. The van der Waals surface area contributed by atoms with E-state index in [1.807, 2.05) is 12.1 Å². The Morgan fingerprint density at radius 2 is 1.96 bits per heavy atom. The lowest BCUT2D eigenvalue weighted by Gasteiger charge is -2.05. The van der Waals surface area contributed by atoms with Crippen molar-refractivity contribution in [1.29, 1.82) is 0 Å². The number of benzene rings is 2. The highest BCUT2D eigenvalue weighted by Crippen LogP contribution is 2.22. The van der Waals surface area contributed by atoms with Crippen molar-refractivity contribution >= 4 is 21.9 Å². The number of hydrogen-bond acceptors (Lipinski definition) is 3. The van der Waals surface area contributed by atoms with E-state index < -0.39 is 0 Å². The van der Waals surface area contributed by atoms with Gasteiger partial charge < -0.3 is 10.1 Å². The Kier molecular flexibility index (Phi) is 3.30. The lowest BCUT2D eigenvalue weighted by Crippen LogP contribution is -2.21. The molecule has 6 heteroatoms. The molecule has 0 fully saturated rings. The first-order valence-corrected chi connectivity index (χ1v) is 7.56. The summed E-state index contributed by atoms with van der Waals surface area (Å²) in [6.45, 7) is 0.469. The fourth-order valence-electron chi connectivity index (χ4n) is 2.83. The van der Waals surface area contributed by atoms with Crippen LogP contribution >= 0.6 is 0 Å². The summed E-state index contributed by atoms with van der Waals surface area (Å²) in [4.78, 5) is 20.0. The third-order valence-corrected chi connectivity index (χ3v) is 4.11. The predicted molar refractivity (Wildman–Crippen MR) is 89.6 cm³/mol. The summed E-state index contributed by atoms with van der Waals surface area (Å²) < 4.78 is 14.9. The first-order chi connectivity index (χ1) is 11.6. The van der Waals surface area contributed by atoms with E-state index in [0.29, 0.717) is 34.9 Å². The molecule has 0 saturated heterocycles. The lowest BCUT2D eigenvalue weighted by atomic mass is 10.1. The molecule has 0 amide bonds. The van der Waals surface area contributed by atoms with Crippen molar-refractivity contribution in [3.8, 4) is 5.75 Å². The molecule has 0 unspecified atom stereocenters. The van der Waals surface area contributed by atoms with Crippen molar-refractivity contribution in [3.05, 3.63) is 70.5 Å². The molecule has 2 aromatic carbocycles. The van der Waals surface area contributed by atoms with Crippen LogP contribution < -0.4 is 5.56 Å². The van der Waals surface area contributed by atoms with Gasteiger partial charge in [-0.25, -0.2) is 9.37 Å². The van der Waals surface area contributed by atoms with Gasteiger partial charge >= 0.3 is 0 Å². The minimum absolute atomic E-state index is 0.185. The van der Waals surface area contributed by atoms with E-state index >= 15 is 0 Å². The summed E-state index contributed by atoms with van der Waals surface area (Å²) in [5.74, 6) is -0.147. The number of halogens is 1. The molecule has 0 aliphatic heterocycles. The molecular formula is C18H14FN3O2. The van der Waals surface area contributed by atoms with Gasteiger partial charge in [0, 0.05) is 17.4 Å². The molecule has 2 N–H and O–H groups in total. The molecule has 0 aliphatic rings. The summed E-state index contributed by atoms with van der Waals surface area (Å²) >= 11 is 0. The number of phenolic OH excluding ortho intramolecular Hbond substituents is 1. The van der Waals surface area contributed by atoms with E-state index in [9.17, 15) is 14.3 Å². The van der Waals surface area contributed by atoms with Crippen molar-refractivity contribution in [3.63, 3.8) is 0 Å². The Morgan fingerprint density at radius 3 is 2.75 bits per heavy atom. The second-order valence-electron chi connectivity index (χ2n) is 5.70. The molecule has 4 aromatic rings. The number of fused-ring (bicyclic) bond motifs is 3. The Labute approximate surface area is 136 Å². The Hall–Kier alpha value is -3.15. The largest absolute Gasteiger partial charge is 0.508 e. The van der Waals surface area contributed by atoms with Crippen LogP contribution in [0.4, 0.5) is 4.39 Å². The number of nitrogens with one attached hydrogen (secondary N) is 1. The van der Waals surface area contributed by atoms with Crippen molar-refractivity contribution in [2.24, 2.45) is 0 Å². The number of hydrogen-bond donors (Lipinski definition) is 2. The Balaban J connectivity index is 1.71. The minimum atomic E-state index is -0.360. The molecule has 0 aliphatic carbocycles. The van der Waals surface area contributed by atoms with Crippen LogP contribution in [-0.2, 0) is 13.0 Å². The summed E-state index contributed by atoms with van der Waals surface area (Å²) in [6, 6.07) is 11.2. The maximum atomic E-state index is 13.4. The van der Waals surface area contributed by atoms with E-state index in [2.05, 4.69) is 9.97 Å². The average Bonchev–Trinajstić information content (AvgIpc) is 2.95. The van der Waals surface area contributed by atoms with Crippen molar-refractivity contribution in [2.45, 2.75) is 13.0 Å². The van der Waals surface area contributed by atoms with Crippen molar-refractivity contribution in [1.82, 2.24) is 14.5 Å². The van der Waals surface area contributed by atoms with E-state index in [1.54, 1.807) is 18.2 Å². The van der Waals surface area contributed by atoms with Gasteiger partial charge in [0.15, 0.2) is 0 Å². The van der Waals surface area contributed by atoms with Crippen LogP contribution in [0.15, 0.2) is 53.6 Å². The second kappa shape index (κ2) is 5.49. The summed E-state index contributed by atoms with van der Waals surface area (Å²) in [5.41, 5.74) is 2.38. The number of aromatic nitrogens is 3. The van der Waals surface area contributed by atoms with Gasteiger partial charge in [0.25, 0.3) is 5.56 Å². The minimum Gasteiger partial charge on any atom is -0.508 e. The van der Waals surface area contributed by atoms with Gasteiger partial charge in [-0.05, 0) is 42.3 Å². The van der Waals surface area contributed by atoms with Crippen molar-refractivity contribution < 1.29 is 9.50 Å². The smallest absolute Gasteiger partial charge is 0.277 e. The molecular weight excluding hydrogens is 309 g/mol. The zero-order chi connectivity index (χ0) is 16.7. The summed E-state index contributed by atoms with van der Waals surface area (Å²) in [7, 11) is 0. The quantitative estimate of drug-likeness (QED) is 0.609.